The Morgan fingerprint density at radius 3 is 2.47 bits per heavy atom. The smallest absolute Gasteiger partial charge is 0.319 e. The van der Waals surface area contributed by atoms with E-state index in [1.54, 1.807) is 0 Å². The number of benzene rings is 1. The zero-order valence-electron chi connectivity index (χ0n) is 11.3. The van der Waals surface area contributed by atoms with E-state index in [-0.39, 0.29) is 11.4 Å². The van der Waals surface area contributed by atoms with Crippen LogP contribution in [0.15, 0.2) is 18.2 Å². The van der Waals surface area contributed by atoms with Crippen LogP contribution in [0.1, 0.15) is 20.8 Å². The third-order valence-electron chi connectivity index (χ3n) is 2.13. The Bertz CT molecular complexity index is 494. The van der Waals surface area contributed by atoms with Crippen molar-refractivity contribution >= 4 is 17.4 Å². The lowest BCUT2D eigenvalue weighted by Crippen LogP contribution is -2.43. The van der Waals surface area contributed by atoms with Crippen LogP contribution in [0, 0.1) is 10.1 Å². The van der Waals surface area contributed by atoms with Gasteiger partial charge in [-0.25, -0.2) is 4.79 Å². The van der Waals surface area contributed by atoms with E-state index in [4.69, 9.17) is 4.74 Å². The second kappa shape index (κ2) is 5.55. The summed E-state index contributed by atoms with van der Waals surface area (Å²) in [5.41, 5.74) is -0.275. The molecule has 0 heterocycles. The van der Waals surface area contributed by atoms with Gasteiger partial charge in [0, 0.05) is 17.7 Å². The van der Waals surface area contributed by atoms with E-state index < -0.39 is 16.5 Å². The molecule has 0 aliphatic heterocycles. The summed E-state index contributed by atoms with van der Waals surface area (Å²) in [7, 11) is 1.42. The number of urea groups is 1. The molecule has 7 heteroatoms. The molecule has 19 heavy (non-hydrogen) atoms. The van der Waals surface area contributed by atoms with Crippen molar-refractivity contribution in [1.29, 1.82) is 0 Å². The Balaban J connectivity index is 2.95. The number of non-ortho nitro benzene ring substituents is 1. The maximum atomic E-state index is 11.7. The van der Waals surface area contributed by atoms with Crippen molar-refractivity contribution in [3.8, 4) is 5.75 Å². The van der Waals surface area contributed by atoms with Gasteiger partial charge in [0.2, 0.25) is 0 Å². The van der Waals surface area contributed by atoms with Crippen molar-refractivity contribution in [2.24, 2.45) is 0 Å². The van der Waals surface area contributed by atoms with Gasteiger partial charge in [-0.2, -0.15) is 0 Å². The maximum Gasteiger partial charge on any atom is 0.319 e. The predicted octanol–water partition coefficient (Wildman–Crippen LogP) is 2.52. The minimum absolute atomic E-state index is 0.119. The Kier molecular flexibility index (Phi) is 4.31. The van der Waals surface area contributed by atoms with Gasteiger partial charge in [0.15, 0.2) is 0 Å². The van der Waals surface area contributed by atoms with Crippen LogP contribution in [0.4, 0.5) is 16.2 Å². The Morgan fingerprint density at radius 2 is 2.00 bits per heavy atom. The molecule has 0 bridgehead atoms. The first-order valence-corrected chi connectivity index (χ1v) is 5.64. The number of hydrogen-bond donors (Lipinski definition) is 2. The van der Waals surface area contributed by atoms with Crippen LogP contribution in [-0.2, 0) is 0 Å². The predicted molar refractivity (Wildman–Crippen MR) is 71.6 cm³/mol. The SMILES string of the molecule is COc1ccc([N+](=O)[O-])cc1NC(=O)NC(C)(C)C. The third kappa shape index (κ3) is 4.46. The maximum absolute atomic E-state index is 11.7. The molecule has 0 radical (unpaired) electrons. The van der Waals surface area contributed by atoms with Crippen LogP contribution in [0.3, 0.4) is 0 Å². The molecule has 0 saturated heterocycles. The lowest BCUT2D eigenvalue weighted by atomic mass is 10.1. The summed E-state index contributed by atoms with van der Waals surface area (Å²) >= 11 is 0. The summed E-state index contributed by atoms with van der Waals surface area (Å²) in [5, 5.41) is 15.9. The summed E-state index contributed by atoms with van der Waals surface area (Å²) in [4.78, 5) is 21.9. The van der Waals surface area contributed by atoms with E-state index in [9.17, 15) is 14.9 Å². The average molecular weight is 267 g/mol. The summed E-state index contributed by atoms with van der Waals surface area (Å²) < 4.78 is 5.05. The van der Waals surface area contributed by atoms with Crippen molar-refractivity contribution in [2.75, 3.05) is 12.4 Å². The zero-order valence-corrected chi connectivity index (χ0v) is 11.3. The van der Waals surface area contributed by atoms with E-state index in [1.165, 1.54) is 25.3 Å². The molecule has 2 amide bonds. The Labute approximate surface area is 111 Å². The fraction of sp³-hybridized carbons (Fsp3) is 0.417. The van der Waals surface area contributed by atoms with Gasteiger partial charge in [0.1, 0.15) is 5.75 Å². The number of nitrogens with zero attached hydrogens (tertiary/aromatic N) is 1. The topological polar surface area (TPSA) is 93.5 Å². The molecule has 0 aliphatic carbocycles. The molecular weight excluding hydrogens is 250 g/mol. The number of nitrogens with one attached hydrogen (secondary N) is 2. The molecule has 7 nitrogen and oxygen atoms in total. The van der Waals surface area contributed by atoms with Gasteiger partial charge in [-0.3, -0.25) is 10.1 Å². The van der Waals surface area contributed by atoms with Gasteiger partial charge in [-0.1, -0.05) is 0 Å². The van der Waals surface area contributed by atoms with Crippen LogP contribution in [0.25, 0.3) is 0 Å². The first kappa shape index (κ1) is 14.7. The standard InChI is InChI=1S/C12H17N3O4/c1-12(2,3)14-11(16)13-9-7-8(15(17)18)5-6-10(9)19-4/h5-7H,1-4H3,(H2,13,14,16). The van der Waals surface area contributed by atoms with E-state index in [0.29, 0.717) is 5.75 Å². The number of carbonyl (C=O) groups is 1. The second-order valence-electron chi connectivity index (χ2n) is 4.97. The van der Waals surface area contributed by atoms with Crippen molar-refractivity contribution in [2.45, 2.75) is 26.3 Å². The van der Waals surface area contributed by atoms with Gasteiger partial charge in [-0.15, -0.1) is 0 Å². The number of rotatable bonds is 3. The summed E-state index contributed by atoms with van der Waals surface area (Å²) in [6.45, 7) is 5.49. The van der Waals surface area contributed by atoms with E-state index in [0.717, 1.165) is 0 Å². The largest absolute Gasteiger partial charge is 0.495 e. The lowest BCUT2D eigenvalue weighted by Gasteiger charge is -2.21. The van der Waals surface area contributed by atoms with Crippen LogP contribution in [-0.4, -0.2) is 23.6 Å². The van der Waals surface area contributed by atoms with Gasteiger partial charge in [0.25, 0.3) is 5.69 Å². The molecule has 104 valence electrons. The highest BCUT2D eigenvalue weighted by Crippen LogP contribution is 2.28. The minimum Gasteiger partial charge on any atom is -0.495 e. The molecule has 0 saturated carbocycles. The average Bonchev–Trinajstić information content (AvgIpc) is 2.26. The van der Waals surface area contributed by atoms with Crippen LogP contribution >= 0.6 is 0 Å². The normalized spacial score (nSPS) is 10.7. The number of nitro groups is 1. The van der Waals surface area contributed by atoms with Gasteiger partial charge in [0.05, 0.1) is 17.7 Å². The number of nitro benzene ring substituents is 1. The summed E-state index contributed by atoms with van der Waals surface area (Å²) in [6.07, 6.45) is 0. The molecular formula is C12H17N3O4. The quantitative estimate of drug-likeness (QED) is 0.650. The fourth-order valence-electron chi connectivity index (χ4n) is 1.40. The third-order valence-corrected chi connectivity index (χ3v) is 2.13. The molecule has 0 unspecified atom stereocenters. The monoisotopic (exact) mass is 267 g/mol. The highest BCUT2D eigenvalue weighted by atomic mass is 16.6. The van der Waals surface area contributed by atoms with Crippen LogP contribution in [0.5, 0.6) is 5.75 Å². The molecule has 1 aromatic rings. The first-order chi connectivity index (χ1) is 8.73. The van der Waals surface area contributed by atoms with Crippen molar-refractivity contribution < 1.29 is 14.5 Å². The van der Waals surface area contributed by atoms with Gasteiger partial charge >= 0.3 is 6.03 Å². The molecule has 1 rings (SSSR count). The van der Waals surface area contributed by atoms with E-state index >= 15 is 0 Å². The van der Waals surface area contributed by atoms with Crippen molar-refractivity contribution in [1.82, 2.24) is 5.32 Å². The van der Waals surface area contributed by atoms with Gasteiger partial charge in [-0.05, 0) is 26.8 Å². The summed E-state index contributed by atoms with van der Waals surface area (Å²) in [6, 6.07) is 3.55. The molecule has 0 aromatic heterocycles. The number of amides is 2. The second-order valence-corrected chi connectivity index (χ2v) is 4.97. The molecule has 0 spiro atoms. The van der Waals surface area contributed by atoms with Crippen LogP contribution < -0.4 is 15.4 Å². The number of carbonyl (C=O) groups excluding carboxylic acids is 1. The lowest BCUT2D eigenvalue weighted by molar-refractivity contribution is -0.384. The van der Waals surface area contributed by atoms with E-state index in [2.05, 4.69) is 10.6 Å². The molecule has 1 aromatic carbocycles. The molecule has 0 aliphatic rings. The number of methoxy groups -OCH3 is 1. The van der Waals surface area contributed by atoms with Crippen molar-refractivity contribution in [3.63, 3.8) is 0 Å². The minimum atomic E-state index is -0.535. The Morgan fingerprint density at radius 1 is 1.37 bits per heavy atom. The number of hydrogen-bond acceptors (Lipinski definition) is 4. The van der Waals surface area contributed by atoms with Gasteiger partial charge < -0.3 is 15.4 Å². The first-order valence-electron chi connectivity index (χ1n) is 5.64. The number of anilines is 1. The molecule has 0 fully saturated rings. The molecule has 0 atom stereocenters. The summed E-state index contributed by atoms with van der Waals surface area (Å²) in [5.74, 6) is 0.356. The highest BCUT2D eigenvalue weighted by molar-refractivity contribution is 5.91. The van der Waals surface area contributed by atoms with Crippen molar-refractivity contribution in [3.05, 3.63) is 28.3 Å². The number of ether oxygens (including phenoxy) is 1. The fourth-order valence-corrected chi connectivity index (χ4v) is 1.40. The highest BCUT2D eigenvalue weighted by Gasteiger charge is 2.17. The zero-order chi connectivity index (χ0) is 14.6. The van der Waals surface area contributed by atoms with Crippen LogP contribution in [0.2, 0.25) is 0 Å². The molecule has 2 N–H and O–H groups in total. The van der Waals surface area contributed by atoms with E-state index in [1.807, 2.05) is 20.8 Å². The Hall–Kier alpha value is -2.31.